The van der Waals surface area contributed by atoms with Gasteiger partial charge in [0.2, 0.25) is 5.95 Å². The molecule has 5 heterocycles. The summed E-state index contributed by atoms with van der Waals surface area (Å²) in [7, 11) is 2.20. The molecule has 0 radical (unpaired) electrons. The van der Waals surface area contributed by atoms with E-state index >= 15 is 0 Å². The summed E-state index contributed by atoms with van der Waals surface area (Å²) >= 11 is 1.41. The van der Waals surface area contributed by atoms with Crippen molar-refractivity contribution >= 4 is 28.3 Å². The largest absolute Gasteiger partial charge is 0.352 e. The molecule has 5 rings (SSSR count). The summed E-state index contributed by atoms with van der Waals surface area (Å²) in [6.45, 7) is 7.95. The Kier molecular flexibility index (Phi) is 4.46. The number of nitriles is 1. The highest BCUT2D eigenvalue weighted by Crippen LogP contribution is 2.45. The number of piperazine rings is 1. The Bertz CT molecular complexity index is 948. The van der Waals surface area contributed by atoms with Crippen molar-refractivity contribution in [2.45, 2.75) is 44.3 Å². The molecule has 0 aliphatic carbocycles. The number of nitrogens with one attached hydrogen (secondary N) is 1. The Morgan fingerprint density at radius 1 is 1.31 bits per heavy atom. The molecule has 152 valence electrons. The number of aromatic nitrogens is 3. The number of rotatable bonds is 5. The monoisotopic (exact) mass is 410 g/mol. The fourth-order valence-electron chi connectivity index (χ4n) is 5.27. The molecule has 2 aromatic heterocycles. The first-order valence-electron chi connectivity index (χ1n) is 10.1. The molecule has 2 bridgehead atoms. The van der Waals surface area contributed by atoms with Crippen LogP contribution in [0.4, 0.5) is 16.8 Å². The summed E-state index contributed by atoms with van der Waals surface area (Å²) in [4.78, 5) is 16.6. The van der Waals surface area contributed by atoms with Gasteiger partial charge in [-0.1, -0.05) is 0 Å². The number of aryl methyl sites for hydroxylation is 2. The summed E-state index contributed by atoms with van der Waals surface area (Å²) in [5, 5.41) is 13.7. The van der Waals surface area contributed by atoms with Crippen LogP contribution in [0.2, 0.25) is 0 Å². The highest BCUT2D eigenvalue weighted by molar-refractivity contribution is 7.10. The van der Waals surface area contributed by atoms with Crippen LogP contribution in [0.1, 0.15) is 24.1 Å². The third-order valence-electron chi connectivity index (χ3n) is 6.41. The molecule has 9 heteroatoms. The van der Waals surface area contributed by atoms with E-state index < -0.39 is 0 Å². The highest BCUT2D eigenvalue weighted by Gasteiger charge is 2.58. The SMILES string of the molecule is Cc1cc(Nc2ncc(C)c(N3CC(CC#N)(N4C5CC4CN(C)C5)C3)n2)sn1. The zero-order valence-corrected chi connectivity index (χ0v) is 17.9. The lowest BCUT2D eigenvalue weighted by Crippen LogP contribution is -2.82. The van der Waals surface area contributed by atoms with E-state index in [-0.39, 0.29) is 5.54 Å². The third-order valence-corrected chi connectivity index (χ3v) is 7.21. The lowest BCUT2D eigenvalue weighted by molar-refractivity contribution is -0.138. The number of likely N-dealkylation sites (tertiary alicyclic amines) is 2. The average molecular weight is 411 g/mol. The Labute approximate surface area is 175 Å². The van der Waals surface area contributed by atoms with Gasteiger partial charge in [-0.25, -0.2) is 4.98 Å². The van der Waals surface area contributed by atoms with E-state index in [0.29, 0.717) is 24.5 Å². The summed E-state index contributed by atoms with van der Waals surface area (Å²) in [5.41, 5.74) is 2.01. The molecular weight excluding hydrogens is 384 g/mol. The maximum absolute atomic E-state index is 9.53. The van der Waals surface area contributed by atoms with E-state index in [0.717, 1.165) is 48.3 Å². The van der Waals surface area contributed by atoms with Crippen LogP contribution in [0.3, 0.4) is 0 Å². The smallest absolute Gasteiger partial charge is 0.229 e. The third kappa shape index (κ3) is 3.16. The second-order valence-electron chi connectivity index (χ2n) is 8.74. The van der Waals surface area contributed by atoms with Crippen LogP contribution < -0.4 is 10.2 Å². The molecule has 3 fully saturated rings. The topological polar surface area (TPSA) is 84.2 Å². The first kappa shape index (κ1) is 18.7. The van der Waals surface area contributed by atoms with Crippen LogP contribution in [0.5, 0.6) is 0 Å². The first-order chi connectivity index (χ1) is 14.0. The van der Waals surface area contributed by atoms with Crippen molar-refractivity contribution in [3.8, 4) is 6.07 Å². The lowest BCUT2D eigenvalue weighted by atomic mass is 9.74. The fraction of sp³-hybridized carbons (Fsp3) is 0.600. The van der Waals surface area contributed by atoms with Crippen molar-refractivity contribution < 1.29 is 0 Å². The van der Waals surface area contributed by atoms with Crippen LogP contribution in [-0.2, 0) is 0 Å². The van der Waals surface area contributed by atoms with Gasteiger partial charge in [-0.15, -0.1) is 0 Å². The minimum atomic E-state index is -0.0383. The minimum Gasteiger partial charge on any atom is -0.352 e. The molecule has 2 unspecified atom stereocenters. The van der Waals surface area contributed by atoms with Crippen LogP contribution in [0.15, 0.2) is 12.3 Å². The van der Waals surface area contributed by atoms with Gasteiger partial charge in [0.1, 0.15) is 10.8 Å². The van der Waals surface area contributed by atoms with Gasteiger partial charge in [0.05, 0.1) is 23.7 Å². The van der Waals surface area contributed by atoms with Crippen molar-refractivity contribution in [3.63, 3.8) is 0 Å². The number of likely N-dealkylation sites (N-methyl/N-ethyl adjacent to an activating group) is 1. The molecule has 0 amide bonds. The van der Waals surface area contributed by atoms with E-state index in [1.165, 1.54) is 18.0 Å². The first-order valence-corrected chi connectivity index (χ1v) is 10.9. The van der Waals surface area contributed by atoms with Crippen molar-refractivity contribution in [2.24, 2.45) is 0 Å². The van der Waals surface area contributed by atoms with Gasteiger partial charge in [0.25, 0.3) is 0 Å². The highest BCUT2D eigenvalue weighted by atomic mass is 32.1. The van der Waals surface area contributed by atoms with Gasteiger partial charge in [-0.3, -0.25) is 4.90 Å². The second-order valence-corrected chi connectivity index (χ2v) is 9.55. The number of piperidine rings is 1. The van der Waals surface area contributed by atoms with E-state index in [4.69, 9.17) is 4.98 Å². The van der Waals surface area contributed by atoms with Crippen molar-refractivity contribution in [2.75, 3.05) is 43.4 Å². The molecular formula is C20H26N8S. The van der Waals surface area contributed by atoms with Gasteiger partial charge in [-0.2, -0.15) is 14.6 Å². The Morgan fingerprint density at radius 3 is 2.72 bits per heavy atom. The van der Waals surface area contributed by atoms with Gasteiger partial charge in [0, 0.05) is 50.0 Å². The Morgan fingerprint density at radius 2 is 2.07 bits per heavy atom. The predicted molar refractivity (Wildman–Crippen MR) is 114 cm³/mol. The maximum atomic E-state index is 9.53. The Balaban J connectivity index is 1.34. The number of hydrogen-bond donors (Lipinski definition) is 1. The molecule has 2 atom stereocenters. The van der Waals surface area contributed by atoms with Crippen LogP contribution in [0, 0.1) is 25.2 Å². The van der Waals surface area contributed by atoms with Gasteiger partial charge in [-0.05, 0) is 44.9 Å². The minimum absolute atomic E-state index is 0.0383. The van der Waals surface area contributed by atoms with Gasteiger partial charge in [0.15, 0.2) is 0 Å². The number of anilines is 3. The summed E-state index contributed by atoms with van der Waals surface area (Å²) < 4.78 is 4.30. The van der Waals surface area contributed by atoms with E-state index in [9.17, 15) is 5.26 Å². The molecule has 3 aliphatic rings. The predicted octanol–water partition coefficient (Wildman–Crippen LogP) is 2.15. The maximum Gasteiger partial charge on any atom is 0.229 e. The quantitative estimate of drug-likeness (QED) is 0.803. The normalized spacial score (nSPS) is 25.8. The zero-order valence-electron chi connectivity index (χ0n) is 17.1. The molecule has 3 aliphatic heterocycles. The number of fused-ring (bicyclic) bond motifs is 2. The summed E-state index contributed by atoms with van der Waals surface area (Å²) in [6.07, 6.45) is 3.72. The van der Waals surface area contributed by atoms with Crippen molar-refractivity contribution in [1.82, 2.24) is 24.1 Å². The lowest BCUT2D eigenvalue weighted by Gasteiger charge is -2.67. The average Bonchev–Trinajstić information content (AvgIpc) is 3.05. The summed E-state index contributed by atoms with van der Waals surface area (Å²) in [6, 6.07) is 5.64. The number of nitrogens with zero attached hydrogens (tertiary/aromatic N) is 7. The van der Waals surface area contributed by atoms with Gasteiger partial charge < -0.3 is 15.1 Å². The van der Waals surface area contributed by atoms with Crippen LogP contribution in [-0.4, -0.2) is 75.0 Å². The molecule has 0 aromatic carbocycles. The fourth-order valence-corrected chi connectivity index (χ4v) is 5.92. The molecule has 2 aromatic rings. The summed E-state index contributed by atoms with van der Waals surface area (Å²) in [5.74, 6) is 1.55. The second kappa shape index (κ2) is 6.90. The molecule has 1 N–H and O–H groups in total. The van der Waals surface area contributed by atoms with E-state index in [1.807, 2.05) is 26.1 Å². The zero-order chi connectivity index (χ0) is 20.2. The molecule has 0 saturated carbocycles. The van der Waals surface area contributed by atoms with Gasteiger partial charge >= 0.3 is 0 Å². The van der Waals surface area contributed by atoms with Crippen molar-refractivity contribution in [1.29, 1.82) is 5.26 Å². The number of hydrogen-bond acceptors (Lipinski definition) is 9. The standard InChI is InChI=1S/C20H26N8S/c1-13-8-22-19(23-17-6-14(2)25-29-17)24-18(13)27-11-20(12-27,4-5-21)28-15-7-16(28)10-26(3)9-15/h6,8,15-16H,4,7,9-12H2,1-3H3,(H,22,23,24). The molecule has 0 spiro atoms. The molecule has 8 nitrogen and oxygen atoms in total. The van der Waals surface area contributed by atoms with Crippen LogP contribution in [0.25, 0.3) is 0 Å². The van der Waals surface area contributed by atoms with Crippen molar-refractivity contribution in [3.05, 3.63) is 23.5 Å². The van der Waals surface area contributed by atoms with Crippen LogP contribution >= 0.6 is 11.5 Å². The molecule has 3 saturated heterocycles. The molecule has 29 heavy (non-hydrogen) atoms. The van der Waals surface area contributed by atoms with E-state index in [2.05, 4.69) is 42.5 Å². The Hall–Kier alpha value is -2.28. The van der Waals surface area contributed by atoms with E-state index in [1.54, 1.807) is 0 Å².